The Labute approximate surface area is 202 Å². The number of hydrogen-bond donors (Lipinski definition) is 1. The summed E-state index contributed by atoms with van der Waals surface area (Å²) in [6, 6.07) is 28.2. The third kappa shape index (κ3) is 4.04. The van der Waals surface area contributed by atoms with Gasteiger partial charge in [0, 0.05) is 11.6 Å². The average Bonchev–Trinajstić information content (AvgIpc) is 2.88. The smallest absolute Gasteiger partial charge is 0.347 e. The minimum atomic E-state index is -0.545. The first-order chi connectivity index (χ1) is 17.1. The van der Waals surface area contributed by atoms with Crippen LogP contribution in [-0.4, -0.2) is 12.6 Å². The molecule has 35 heavy (non-hydrogen) atoms. The molecule has 0 fully saturated rings. The highest BCUT2D eigenvalue weighted by molar-refractivity contribution is 5.94. The van der Waals surface area contributed by atoms with E-state index in [0.29, 0.717) is 35.0 Å². The van der Waals surface area contributed by atoms with E-state index >= 15 is 0 Å². The lowest BCUT2D eigenvalue weighted by atomic mass is 9.81. The van der Waals surface area contributed by atoms with E-state index in [2.05, 4.69) is 6.07 Å². The maximum absolute atomic E-state index is 12.9. The molecule has 5 rings (SSSR count). The molecule has 4 aromatic carbocycles. The summed E-state index contributed by atoms with van der Waals surface area (Å²) in [5.74, 6) is 0.252. The largest absolute Gasteiger partial charge is 0.493 e. The summed E-state index contributed by atoms with van der Waals surface area (Å²) in [4.78, 5) is 12.9. The molecule has 0 amide bonds. The van der Waals surface area contributed by atoms with Gasteiger partial charge in [0.15, 0.2) is 0 Å². The molecule has 0 saturated heterocycles. The molecule has 0 bridgehead atoms. The molecular weight excluding hydrogens is 440 g/mol. The van der Waals surface area contributed by atoms with Gasteiger partial charge in [0.1, 0.15) is 34.5 Å². The van der Waals surface area contributed by atoms with Crippen LogP contribution in [0, 0.1) is 11.3 Å². The number of benzene rings is 4. The van der Waals surface area contributed by atoms with Gasteiger partial charge in [0.05, 0.1) is 12.5 Å². The summed E-state index contributed by atoms with van der Waals surface area (Å²) in [6.07, 6.45) is 0. The van der Waals surface area contributed by atoms with Crippen molar-refractivity contribution in [2.75, 3.05) is 6.61 Å². The molecule has 1 heterocycles. The molecule has 1 atom stereocenters. The molecule has 2 N–H and O–H groups in total. The molecule has 0 saturated carbocycles. The third-order valence-corrected chi connectivity index (χ3v) is 5.94. The van der Waals surface area contributed by atoms with Gasteiger partial charge in [-0.05, 0) is 41.5 Å². The molecule has 0 aliphatic carbocycles. The van der Waals surface area contributed by atoms with Crippen molar-refractivity contribution in [3.63, 3.8) is 0 Å². The summed E-state index contributed by atoms with van der Waals surface area (Å²) in [7, 11) is 0. The summed E-state index contributed by atoms with van der Waals surface area (Å²) >= 11 is 0. The molecule has 1 aliphatic heterocycles. The second kappa shape index (κ2) is 9.24. The predicted octanol–water partition coefficient (Wildman–Crippen LogP) is 5.68. The maximum atomic E-state index is 12.9. The van der Waals surface area contributed by atoms with Crippen molar-refractivity contribution >= 4 is 16.7 Å². The fraction of sp³-hybridized carbons (Fsp3) is 0.103. The highest BCUT2D eigenvalue weighted by Crippen LogP contribution is 2.45. The zero-order chi connectivity index (χ0) is 24.4. The first kappa shape index (κ1) is 22.1. The number of esters is 1. The lowest BCUT2D eigenvalue weighted by Crippen LogP contribution is -2.21. The number of nitrogens with two attached hydrogens (primary N) is 1. The van der Waals surface area contributed by atoms with Crippen molar-refractivity contribution < 1.29 is 19.0 Å². The van der Waals surface area contributed by atoms with Crippen LogP contribution < -0.4 is 19.9 Å². The van der Waals surface area contributed by atoms with E-state index < -0.39 is 11.9 Å². The van der Waals surface area contributed by atoms with E-state index in [9.17, 15) is 10.1 Å². The Morgan fingerprint density at radius 1 is 1.00 bits per heavy atom. The quantitative estimate of drug-likeness (QED) is 0.303. The number of para-hydroxylation sites is 1. The van der Waals surface area contributed by atoms with Gasteiger partial charge in [0.25, 0.3) is 0 Å². The highest BCUT2D eigenvalue weighted by Gasteiger charge is 2.32. The molecule has 172 valence electrons. The number of nitrogens with zero attached hydrogens (tertiary/aromatic N) is 1. The van der Waals surface area contributed by atoms with Gasteiger partial charge in [-0.3, -0.25) is 0 Å². The average molecular weight is 463 g/mol. The molecule has 6 heteroatoms. The van der Waals surface area contributed by atoms with E-state index in [4.69, 9.17) is 19.9 Å². The number of fused-ring (bicyclic) bond motifs is 2. The monoisotopic (exact) mass is 462 g/mol. The molecule has 6 nitrogen and oxygen atoms in total. The topological polar surface area (TPSA) is 94.6 Å². The minimum Gasteiger partial charge on any atom is -0.493 e. The zero-order valence-electron chi connectivity index (χ0n) is 19.0. The van der Waals surface area contributed by atoms with Crippen molar-refractivity contribution in [2.24, 2.45) is 5.73 Å². The van der Waals surface area contributed by atoms with Crippen LogP contribution in [0.15, 0.2) is 96.4 Å². The Bertz CT molecular complexity index is 1510. The maximum Gasteiger partial charge on any atom is 0.347 e. The Kier molecular flexibility index (Phi) is 5.82. The normalized spacial score (nSPS) is 14.6. The predicted molar refractivity (Wildman–Crippen MR) is 132 cm³/mol. The summed E-state index contributed by atoms with van der Waals surface area (Å²) in [5, 5.41) is 12.0. The summed E-state index contributed by atoms with van der Waals surface area (Å²) in [6.45, 7) is 2.28. The van der Waals surface area contributed by atoms with Gasteiger partial charge in [-0.1, -0.05) is 60.7 Å². The van der Waals surface area contributed by atoms with Gasteiger partial charge >= 0.3 is 5.97 Å². The van der Waals surface area contributed by atoms with E-state index in [1.807, 2.05) is 55.5 Å². The van der Waals surface area contributed by atoms with Gasteiger partial charge in [-0.25, -0.2) is 4.79 Å². The fourth-order valence-corrected chi connectivity index (χ4v) is 4.40. The molecule has 1 unspecified atom stereocenters. The van der Waals surface area contributed by atoms with E-state index in [1.165, 1.54) is 0 Å². The molecular formula is C29H22N2O4. The van der Waals surface area contributed by atoms with Crippen LogP contribution in [0.4, 0.5) is 0 Å². The van der Waals surface area contributed by atoms with Crippen LogP contribution in [0.1, 0.15) is 34.3 Å². The first-order valence-corrected chi connectivity index (χ1v) is 11.2. The number of carbonyl (C=O) groups excluding carboxylic acids is 1. The fourth-order valence-electron chi connectivity index (χ4n) is 4.40. The van der Waals surface area contributed by atoms with Crippen LogP contribution >= 0.6 is 0 Å². The van der Waals surface area contributed by atoms with Crippen molar-refractivity contribution in [3.05, 3.63) is 113 Å². The summed E-state index contributed by atoms with van der Waals surface area (Å²) < 4.78 is 17.0. The van der Waals surface area contributed by atoms with Crippen LogP contribution in [-0.2, 0) is 0 Å². The van der Waals surface area contributed by atoms with Crippen LogP contribution in [0.25, 0.3) is 10.8 Å². The molecule has 4 aromatic rings. The lowest BCUT2D eigenvalue weighted by molar-refractivity contribution is 0.0730. The van der Waals surface area contributed by atoms with E-state index in [0.717, 1.165) is 21.9 Å². The Morgan fingerprint density at radius 3 is 2.60 bits per heavy atom. The van der Waals surface area contributed by atoms with Crippen LogP contribution in [0.5, 0.6) is 17.2 Å². The third-order valence-electron chi connectivity index (χ3n) is 5.94. The molecule has 0 aromatic heterocycles. The van der Waals surface area contributed by atoms with Gasteiger partial charge < -0.3 is 19.9 Å². The standard InChI is InChI=1S/C29H22N2O4/c1-2-33-25-13-6-5-11-23(25)29(32)34-19-14-15-22-26(16-19)35-28(31)24(17-30)27(22)21-12-7-9-18-8-3-4-10-20(18)21/h3-16,27H,2,31H2,1H3. The molecule has 0 radical (unpaired) electrons. The first-order valence-electron chi connectivity index (χ1n) is 11.2. The highest BCUT2D eigenvalue weighted by atomic mass is 16.5. The van der Waals surface area contributed by atoms with Crippen molar-refractivity contribution in [3.8, 4) is 23.3 Å². The number of carbonyl (C=O) groups is 1. The van der Waals surface area contributed by atoms with Crippen molar-refractivity contribution in [1.29, 1.82) is 5.26 Å². The SMILES string of the molecule is CCOc1ccccc1C(=O)Oc1ccc2c(c1)OC(N)=C(C#N)C2c1cccc2ccccc12. The number of nitriles is 1. The lowest BCUT2D eigenvalue weighted by Gasteiger charge is -2.27. The Balaban J connectivity index is 1.54. The number of rotatable bonds is 5. The van der Waals surface area contributed by atoms with Crippen molar-refractivity contribution in [2.45, 2.75) is 12.8 Å². The van der Waals surface area contributed by atoms with Crippen LogP contribution in [0.2, 0.25) is 0 Å². The summed E-state index contributed by atoms with van der Waals surface area (Å²) in [5.41, 5.74) is 8.56. The van der Waals surface area contributed by atoms with Gasteiger partial charge in [-0.15, -0.1) is 0 Å². The molecule has 0 spiro atoms. The number of allylic oxidation sites excluding steroid dienone is 1. The number of hydrogen-bond acceptors (Lipinski definition) is 6. The van der Waals surface area contributed by atoms with Gasteiger partial charge in [0.2, 0.25) is 5.88 Å². The van der Waals surface area contributed by atoms with Crippen LogP contribution in [0.3, 0.4) is 0 Å². The van der Waals surface area contributed by atoms with E-state index in [-0.39, 0.29) is 5.88 Å². The second-order valence-corrected chi connectivity index (χ2v) is 8.01. The van der Waals surface area contributed by atoms with Gasteiger partial charge in [-0.2, -0.15) is 5.26 Å². The molecule has 1 aliphatic rings. The Hall–Kier alpha value is -4.76. The zero-order valence-corrected chi connectivity index (χ0v) is 19.0. The van der Waals surface area contributed by atoms with E-state index in [1.54, 1.807) is 36.4 Å². The number of ether oxygens (including phenoxy) is 3. The van der Waals surface area contributed by atoms with Crippen molar-refractivity contribution in [1.82, 2.24) is 0 Å². The minimum absolute atomic E-state index is 0.0307. The Morgan fingerprint density at radius 2 is 1.77 bits per heavy atom. The second-order valence-electron chi connectivity index (χ2n) is 8.01.